The molecule has 5 nitrogen and oxygen atoms in total. The van der Waals surface area contributed by atoms with Crippen molar-refractivity contribution in [2.24, 2.45) is 0 Å². The number of aryl methyl sites for hydroxylation is 1. The van der Waals surface area contributed by atoms with Crippen molar-refractivity contribution in [3.63, 3.8) is 0 Å². The van der Waals surface area contributed by atoms with Crippen molar-refractivity contribution in [1.82, 2.24) is 4.31 Å². The van der Waals surface area contributed by atoms with E-state index in [0.29, 0.717) is 29.1 Å². The van der Waals surface area contributed by atoms with Gasteiger partial charge in [0.2, 0.25) is 10.0 Å². The zero-order valence-electron chi connectivity index (χ0n) is 13.3. The van der Waals surface area contributed by atoms with Crippen molar-refractivity contribution in [2.75, 3.05) is 25.9 Å². The maximum atomic E-state index is 12.8. The van der Waals surface area contributed by atoms with Gasteiger partial charge < -0.3 is 10.8 Å². The fourth-order valence-corrected chi connectivity index (χ4v) is 4.06. The first kappa shape index (κ1) is 17.9. The average molecular weight is 314 g/mol. The van der Waals surface area contributed by atoms with Crippen LogP contribution in [0.2, 0.25) is 0 Å². The number of nitrogens with zero attached hydrogens (tertiary/aromatic N) is 1. The van der Waals surface area contributed by atoms with Crippen molar-refractivity contribution in [1.29, 1.82) is 0 Å². The molecule has 0 unspecified atom stereocenters. The Labute approximate surface area is 127 Å². The highest BCUT2D eigenvalue weighted by Crippen LogP contribution is 2.29. The van der Waals surface area contributed by atoms with E-state index in [1.165, 1.54) is 4.31 Å². The number of sulfonamides is 1. The second-order valence-corrected chi connectivity index (χ2v) is 7.45. The summed E-state index contributed by atoms with van der Waals surface area (Å²) >= 11 is 0. The smallest absolute Gasteiger partial charge is 0.243 e. The monoisotopic (exact) mass is 314 g/mol. The van der Waals surface area contributed by atoms with Gasteiger partial charge in [0.1, 0.15) is 0 Å². The Balaban J connectivity index is 3.08. The lowest BCUT2D eigenvalue weighted by Gasteiger charge is -2.21. The van der Waals surface area contributed by atoms with Crippen LogP contribution in [0.15, 0.2) is 11.0 Å². The van der Waals surface area contributed by atoms with Crippen molar-refractivity contribution in [2.45, 2.75) is 44.9 Å². The Morgan fingerprint density at radius 1 is 1.14 bits per heavy atom. The molecule has 0 saturated carbocycles. The summed E-state index contributed by atoms with van der Waals surface area (Å²) in [5.74, 6) is 0. The fourth-order valence-electron chi connectivity index (χ4n) is 2.33. The highest BCUT2D eigenvalue weighted by atomic mass is 32.2. The third-order valence-electron chi connectivity index (χ3n) is 3.88. The summed E-state index contributed by atoms with van der Waals surface area (Å²) in [6.45, 7) is 6.01. The van der Waals surface area contributed by atoms with E-state index in [1.807, 2.05) is 19.9 Å². The van der Waals surface area contributed by atoms with E-state index in [9.17, 15) is 8.42 Å². The second-order valence-electron chi connectivity index (χ2n) is 5.47. The normalized spacial score (nSPS) is 12.1. The van der Waals surface area contributed by atoms with Crippen LogP contribution in [0.4, 0.5) is 5.69 Å². The van der Waals surface area contributed by atoms with Gasteiger partial charge in [-0.2, -0.15) is 0 Å². The van der Waals surface area contributed by atoms with Crippen LogP contribution in [0, 0.1) is 20.8 Å². The van der Waals surface area contributed by atoms with Gasteiger partial charge in [-0.05, 0) is 62.8 Å². The summed E-state index contributed by atoms with van der Waals surface area (Å²) in [6.07, 6.45) is 2.24. The number of nitrogens with two attached hydrogens (primary N) is 1. The first-order chi connectivity index (χ1) is 9.73. The number of benzene rings is 1. The predicted octanol–water partition coefficient (Wildman–Crippen LogP) is 1.98. The third-order valence-corrected chi connectivity index (χ3v) is 6.01. The van der Waals surface area contributed by atoms with E-state index in [4.69, 9.17) is 10.8 Å². The summed E-state index contributed by atoms with van der Waals surface area (Å²) < 4.78 is 26.9. The van der Waals surface area contributed by atoms with Gasteiger partial charge in [-0.1, -0.05) is 0 Å². The van der Waals surface area contributed by atoms with Crippen molar-refractivity contribution in [3.05, 3.63) is 22.8 Å². The standard InChI is InChI=1S/C15H26N2O3S/c1-11-10-14(16)13(3)15(12(11)2)21(19,20)17(4)8-6-5-7-9-18/h10,18H,5-9,16H2,1-4H3. The number of unbranched alkanes of at least 4 members (excludes halogenated alkanes) is 2. The first-order valence-electron chi connectivity index (χ1n) is 7.17. The molecule has 0 fully saturated rings. The minimum Gasteiger partial charge on any atom is -0.398 e. The van der Waals surface area contributed by atoms with Crippen molar-refractivity contribution in [3.8, 4) is 0 Å². The van der Waals surface area contributed by atoms with Gasteiger partial charge in [0.15, 0.2) is 0 Å². The van der Waals surface area contributed by atoms with E-state index >= 15 is 0 Å². The van der Waals surface area contributed by atoms with Crippen LogP contribution in [0.3, 0.4) is 0 Å². The van der Waals surface area contributed by atoms with Crippen LogP contribution in [-0.4, -0.2) is 38.0 Å². The Hall–Kier alpha value is -1.11. The van der Waals surface area contributed by atoms with Gasteiger partial charge in [0, 0.05) is 25.9 Å². The number of hydrogen-bond acceptors (Lipinski definition) is 4. The van der Waals surface area contributed by atoms with Crippen molar-refractivity contribution < 1.29 is 13.5 Å². The minimum atomic E-state index is -3.54. The molecule has 0 aliphatic carbocycles. The topological polar surface area (TPSA) is 83.6 Å². The molecule has 0 saturated heterocycles. The summed E-state index contributed by atoms with van der Waals surface area (Å²) in [7, 11) is -1.95. The van der Waals surface area contributed by atoms with E-state index in [-0.39, 0.29) is 6.61 Å². The number of nitrogen functional groups attached to an aromatic ring is 1. The maximum Gasteiger partial charge on any atom is 0.243 e. The molecule has 1 aromatic rings. The van der Waals surface area contributed by atoms with Crippen LogP contribution in [-0.2, 0) is 10.0 Å². The molecule has 1 rings (SSSR count). The molecule has 0 aliphatic heterocycles. The lowest BCUT2D eigenvalue weighted by Crippen LogP contribution is -2.29. The maximum absolute atomic E-state index is 12.8. The van der Waals surface area contributed by atoms with Gasteiger partial charge in [0.25, 0.3) is 0 Å². The highest BCUT2D eigenvalue weighted by Gasteiger charge is 2.26. The second kappa shape index (κ2) is 7.24. The molecule has 6 heteroatoms. The third kappa shape index (κ3) is 3.96. The molecular formula is C15H26N2O3S. The van der Waals surface area contributed by atoms with Gasteiger partial charge in [0.05, 0.1) is 4.90 Å². The molecule has 0 aliphatic rings. The number of rotatable bonds is 7. The van der Waals surface area contributed by atoms with E-state index in [0.717, 1.165) is 24.0 Å². The fraction of sp³-hybridized carbons (Fsp3) is 0.600. The first-order valence-corrected chi connectivity index (χ1v) is 8.61. The van der Waals surface area contributed by atoms with Crippen LogP contribution in [0.5, 0.6) is 0 Å². The van der Waals surface area contributed by atoms with Gasteiger partial charge in [-0.25, -0.2) is 12.7 Å². The van der Waals surface area contributed by atoms with Crippen LogP contribution < -0.4 is 5.73 Å². The van der Waals surface area contributed by atoms with Crippen LogP contribution >= 0.6 is 0 Å². The molecule has 3 N–H and O–H groups in total. The molecule has 0 spiro atoms. The molecule has 120 valence electrons. The Morgan fingerprint density at radius 3 is 2.33 bits per heavy atom. The van der Waals surface area contributed by atoms with Crippen LogP contribution in [0.1, 0.15) is 36.0 Å². The lowest BCUT2D eigenvalue weighted by molar-refractivity contribution is 0.281. The summed E-state index contributed by atoms with van der Waals surface area (Å²) in [5.41, 5.74) is 8.67. The summed E-state index contributed by atoms with van der Waals surface area (Å²) in [4.78, 5) is 0.324. The quantitative estimate of drug-likeness (QED) is 0.595. The molecule has 0 bridgehead atoms. The number of anilines is 1. The summed E-state index contributed by atoms with van der Waals surface area (Å²) in [6, 6.07) is 1.81. The Kier molecular flexibility index (Phi) is 6.19. The van der Waals surface area contributed by atoms with E-state index in [2.05, 4.69) is 0 Å². The molecule has 1 aromatic carbocycles. The SMILES string of the molecule is Cc1cc(N)c(C)c(S(=O)(=O)N(C)CCCCCO)c1C. The average Bonchev–Trinajstić information content (AvgIpc) is 2.41. The zero-order chi connectivity index (χ0) is 16.2. The molecule has 0 atom stereocenters. The zero-order valence-corrected chi connectivity index (χ0v) is 14.1. The summed E-state index contributed by atoms with van der Waals surface area (Å²) in [5, 5.41) is 8.76. The highest BCUT2D eigenvalue weighted by molar-refractivity contribution is 7.89. The lowest BCUT2D eigenvalue weighted by atomic mass is 10.1. The molecule has 0 radical (unpaired) electrons. The molecule has 0 amide bonds. The largest absolute Gasteiger partial charge is 0.398 e. The van der Waals surface area contributed by atoms with Crippen molar-refractivity contribution >= 4 is 15.7 Å². The number of aliphatic hydroxyl groups excluding tert-OH is 1. The molecule has 0 heterocycles. The number of aliphatic hydroxyl groups is 1. The van der Waals surface area contributed by atoms with E-state index < -0.39 is 10.0 Å². The van der Waals surface area contributed by atoms with E-state index in [1.54, 1.807) is 14.0 Å². The van der Waals surface area contributed by atoms with Gasteiger partial charge in [-0.15, -0.1) is 0 Å². The molecular weight excluding hydrogens is 288 g/mol. The Morgan fingerprint density at radius 2 is 1.76 bits per heavy atom. The number of hydrogen-bond donors (Lipinski definition) is 2. The van der Waals surface area contributed by atoms with Gasteiger partial charge >= 0.3 is 0 Å². The molecule has 21 heavy (non-hydrogen) atoms. The predicted molar refractivity (Wildman–Crippen MR) is 85.8 cm³/mol. The minimum absolute atomic E-state index is 0.142. The molecule has 0 aromatic heterocycles. The van der Waals surface area contributed by atoms with Gasteiger partial charge in [-0.3, -0.25) is 0 Å². The van der Waals surface area contributed by atoms with Crippen LogP contribution in [0.25, 0.3) is 0 Å². The Bertz CT molecular complexity index is 571.